The van der Waals surface area contributed by atoms with Crippen molar-refractivity contribution in [3.63, 3.8) is 0 Å². The monoisotopic (exact) mass is 379 g/mol. The average Bonchev–Trinajstić information content (AvgIpc) is 3.35. The van der Waals surface area contributed by atoms with Gasteiger partial charge in [-0.3, -0.25) is 4.79 Å². The Labute approximate surface area is 159 Å². The fourth-order valence-electron chi connectivity index (χ4n) is 2.67. The Morgan fingerprint density at radius 3 is 2.78 bits per heavy atom. The molecule has 0 fully saturated rings. The Morgan fingerprint density at radius 2 is 2.00 bits per heavy atom. The maximum Gasteiger partial charge on any atom is 0.273 e. The van der Waals surface area contributed by atoms with Crippen LogP contribution < -0.4 is 10.1 Å². The Morgan fingerprint density at radius 1 is 1.19 bits per heavy atom. The summed E-state index contributed by atoms with van der Waals surface area (Å²) in [6.07, 6.45) is 0.675. The second-order valence-corrected chi connectivity index (χ2v) is 7.00. The van der Waals surface area contributed by atoms with E-state index in [1.54, 1.807) is 24.5 Å². The lowest BCUT2D eigenvalue weighted by Gasteiger charge is -2.00. The molecule has 0 unspecified atom stereocenters. The van der Waals surface area contributed by atoms with Crippen molar-refractivity contribution in [2.45, 2.75) is 6.42 Å². The van der Waals surface area contributed by atoms with Gasteiger partial charge in [-0.05, 0) is 36.4 Å². The maximum atomic E-state index is 12.3. The second kappa shape index (κ2) is 7.59. The fraction of sp³-hybridized carbons (Fsp3) is 0.150. The lowest BCUT2D eigenvalue weighted by molar-refractivity contribution is 0.0945. The van der Waals surface area contributed by atoms with Crippen LogP contribution in [0.4, 0.5) is 0 Å². The molecule has 2 aromatic heterocycles. The van der Waals surface area contributed by atoms with Crippen LogP contribution in [-0.2, 0) is 6.42 Å². The Bertz CT molecular complexity index is 1040. The maximum absolute atomic E-state index is 12.3. The summed E-state index contributed by atoms with van der Waals surface area (Å²) in [4.78, 5) is 16.8. The summed E-state index contributed by atoms with van der Waals surface area (Å²) in [5.41, 5.74) is 2.08. The van der Waals surface area contributed by atoms with Crippen LogP contribution in [0.25, 0.3) is 21.5 Å². The first-order valence-corrected chi connectivity index (χ1v) is 9.28. The summed E-state index contributed by atoms with van der Waals surface area (Å²) in [6.45, 7) is 0.489. The molecule has 0 aliphatic carbocycles. The summed E-state index contributed by atoms with van der Waals surface area (Å²) >= 11 is 1.64. The first kappa shape index (κ1) is 17.2. The number of hydrogen-bond donors (Lipinski definition) is 1. The lowest BCUT2D eigenvalue weighted by atomic mass is 10.1. The van der Waals surface area contributed by atoms with Crippen LogP contribution in [0.15, 0.2) is 59.1 Å². The number of rotatable bonds is 6. The molecule has 2 heterocycles. The standard InChI is InChI=1S/C20H17N3O3S/c1-25-14-8-6-13(7-9-14)17-12-16(23-26-17)20(24)21-11-10-19-22-15-4-2-3-5-18(15)27-19/h2-9,12H,10-11H2,1H3,(H,21,24). The number of nitrogens with zero attached hydrogens (tertiary/aromatic N) is 2. The molecule has 0 aliphatic heterocycles. The molecule has 0 spiro atoms. The van der Waals surface area contributed by atoms with E-state index in [2.05, 4.69) is 15.5 Å². The van der Waals surface area contributed by atoms with Crippen molar-refractivity contribution >= 4 is 27.5 Å². The number of methoxy groups -OCH3 is 1. The molecule has 7 heteroatoms. The number of thiazole rings is 1. The normalized spacial score (nSPS) is 10.9. The smallest absolute Gasteiger partial charge is 0.273 e. The van der Waals surface area contributed by atoms with Crippen LogP contribution in [0.2, 0.25) is 0 Å². The molecule has 0 radical (unpaired) electrons. The Balaban J connectivity index is 1.36. The molecule has 0 bridgehead atoms. The molecule has 1 amide bonds. The van der Waals surface area contributed by atoms with Crippen molar-refractivity contribution in [1.29, 1.82) is 0 Å². The second-order valence-electron chi connectivity index (χ2n) is 5.89. The third-order valence-electron chi connectivity index (χ3n) is 4.08. The van der Waals surface area contributed by atoms with Crippen LogP contribution in [0, 0.1) is 0 Å². The number of carbonyl (C=O) groups excluding carboxylic acids is 1. The van der Waals surface area contributed by atoms with Gasteiger partial charge in [-0.25, -0.2) is 4.98 Å². The minimum atomic E-state index is -0.264. The summed E-state index contributed by atoms with van der Waals surface area (Å²) in [7, 11) is 1.61. The average molecular weight is 379 g/mol. The predicted octanol–water partition coefficient (Wildman–Crippen LogP) is 3.93. The number of amides is 1. The molecule has 1 N–H and O–H groups in total. The number of para-hydroxylation sites is 1. The number of ether oxygens (including phenoxy) is 1. The topological polar surface area (TPSA) is 77.2 Å². The summed E-state index contributed by atoms with van der Waals surface area (Å²) in [6, 6.07) is 17.0. The van der Waals surface area contributed by atoms with Crippen LogP contribution in [-0.4, -0.2) is 29.7 Å². The van der Waals surface area contributed by atoms with E-state index in [4.69, 9.17) is 9.26 Å². The van der Waals surface area contributed by atoms with Crippen molar-refractivity contribution < 1.29 is 14.1 Å². The number of fused-ring (bicyclic) bond motifs is 1. The largest absolute Gasteiger partial charge is 0.497 e. The van der Waals surface area contributed by atoms with E-state index < -0.39 is 0 Å². The quantitative estimate of drug-likeness (QED) is 0.549. The molecule has 0 aliphatic rings. The van der Waals surface area contributed by atoms with Crippen LogP contribution in [0.1, 0.15) is 15.5 Å². The van der Waals surface area contributed by atoms with Gasteiger partial charge in [0.05, 0.1) is 22.3 Å². The zero-order valence-corrected chi connectivity index (χ0v) is 15.5. The van der Waals surface area contributed by atoms with E-state index >= 15 is 0 Å². The highest BCUT2D eigenvalue weighted by Gasteiger charge is 2.14. The molecule has 2 aromatic carbocycles. The molecule has 0 saturated heterocycles. The molecule has 27 heavy (non-hydrogen) atoms. The van der Waals surface area contributed by atoms with E-state index in [0.29, 0.717) is 18.7 Å². The van der Waals surface area contributed by atoms with Crippen molar-refractivity contribution in [1.82, 2.24) is 15.5 Å². The van der Waals surface area contributed by atoms with Gasteiger partial charge in [-0.15, -0.1) is 11.3 Å². The van der Waals surface area contributed by atoms with Gasteiger partial charge in [-0.1, -0.05) is 17.3 Å². The predicted molar refractivity (Wildman–Crippen MR) is 104 cm³/mol. The van der Waals surface area contributed by atoms with Crippen LogP contribution in [0.3, 0.4) is 0 Å². The lowest BCUT2D eigenvalue weighted by Crippen LogP contribution is -2.25. The van der Waals surface area contributed by atoms with Gasteiger partial charge in [0.2, 0.25) is 0 Å². The highest BCUT2D eigenvalue weighted by atomic mass is 32.1. The van der Waals surface area contributed by atoms with E-state index in [-0.39, 0.29) is 11.6 Å². The van der Waals surface area contributed by atoms with Crippen molar-refractivity contribution in [3.05, 3.63) is 65.3 Å². The Kier molecular flexibility index (Phi) is 4.84. The van der Waals surface area contributed by atoms with Gasteiger partial charge >= 0.3 is 0 Å². The molecule has 0 atom stereocenters. The zero-order chi connectivity index (χ0) is 18.6. The molecular formula is C20H17N3O3S. The van der Waals surface area contributed by atoms with Gasteiger partial charge in [0, 0.05) is 24.6 Å². The third-order valence-corrected chi connectivity index (χ3v) is 5.18. The fourth-order valence-corrected chi connectivity index (χ4v) is 3.64. The molecule has 0 saturated carbocycles. The van der Waals surface area contributed by atoms with Crippen molar-refractivity contribution in [3.8, 4) is 17.1 Å². The SMILES string of the molecule is COc1ccc(-c2cc(C(=O)NCCc3nc4ccccc4s3)no2)cc1. The first-order valence-electron chi connectivity index (χ1n) is 8.47. The molecule has 6 nitrogen and oxygen atoms in total. The van der Waals surface area contributed by atoms with E-state index in [0.717, 1.165) is 26.5 Å². The van der Waals surface area contributed by atoms with Crippen molar-refractivity contribution in [2.75, 3.05) is 13.7 Å². The van der Waals surface area contributed by atoms with E-state index in [1.165, 1.54) is 0 Å². The summed E-state index contributed by atoms with van der Waals surface area (Å²) < 4.78 is 11.6. The van der Waals surface area contributed by atoms with Gasteiger partial charge in [0.15, 0.2) is 11.5 Å². The highest BCUT2D eigenvalue weighted by Crippen LogP contribution is 2.23. The number of aromatic nitrogens is 2. The summed E-state index contributed by atoms with van der Waals surface area (Å²) in [5, 5.41) is 7.72. The van der Waals surface area contributed by atoms with Gasteiger partial charge < -0.3 is 14.6 Å². The minimum absolute atomic E-state index is 0.255. The molecular weight excluding hydrogens is 362 g/mol. The first-order chi connectivity index (χ1) is 13.2. The van der Waals surface area contributed by atoms with E-state index in [9.17, 15) is 4.79 Å². The third kappa shape index (κ3) is 3.83. The Hall–Kier alpha value is -3.19. The molecule has 136 valence electrons. The number of carbonyl (C=O) groups is 1. The van der Waals surface area contributed by atoms with E-state index in [1.807, 2.05) is 48.5 Å². The van der Waals surface area contributed by atoms with Gasteiger partial charge in [-0.2, -0.15) is 0 Å². The number of benzene rings is 2. The molecule has 4 aromatic rings. The van der Waals surface area contributed by atoms with Gasteiger partial charge in [0.25, 0.3) is 5.91 Å². The highest BCUT2D eigenvalue weighted by molar-refractivity contribution is 7.18. The van der Waals surface area contributed by atoms with Gasteiger partial charge in [0.1, 0.15) is 5.75 Å². The minimum Gasteiger partial charge on any atom is -0.497 e. The van der Waals surface area contributed by atoms with Crippen molar-refractivity contribution in [2.24, 2.45) is 0 Å². The van der Waals surface area contributed by atoms with Crippen LogP contribution >= 0.6 is 11.3 Å². The van der Waals surface area contributed by atoms with Crippen LogP contribution in [0.5, 0.6) is 5.75 Å². The summed E-state index contributed by atoms with van der Waals surface area (Å²) in [5.74, 6) is 1.03. The molecule has 4 rings (SSSR count). The number of hydrogen-bond acceptors (Lipinski definition) is 6. The zero-order valence-electron chi connectivity index (χ0n) is 14.6. The number of nitrogens with one attached hydrogen (secondary N) is 1.